The van der Waals surface area contributed by atoms with Crippen LogP contribution in [0.5, 0.6) is 11.5 Å². The maximum Gasteiger partial charge on any atom is 0.246 e. The molecule has 1 saturated heterocycles. The summed E-state index contributed by atoms with van der Waals surface area (Å²) >= 11 is 0. The summed E-state index contributed by atoms with van der Waals surface area (Å²) < 4.78 is 15.8. The van der Waals surface area contributed by atoms with Crippen molar-refractivity contribution in [3.8, 4) is 11.5 Å². The van der Waals surface area contributed by atoms with Crippen LogP contribution in [0.25, 0.3) is 6.08 Å². The van der Waals surface area contributed by atoms with Gasteiger partial charge in [0.15, 0.2) is 11.5 Å². The van der Waals surface area contributed by atoms with E-state index < -0.39 is 0 Å². The molecule has 0 N–H and O–H groups in total. The van der Waals surface area contributed by atoms with Gasteiger partial charge in [-0.1, -0.05) is 11.2 Å². The lowest BCUT2D eigenvalue weighted by molar-refractivity contribution is -0.127. The predicted molar refractivity (Wildman–Crippen MR) is 106 cm³/mol. The Morgan fingerprint density at radius 1 is 1.14 bits per heavy atom. The number of carbonyl (C=O) groups is 1. The average molecular weight is 385 g/mol. The van der Waals surface area contributed by atoms with E-state index in [0.29, 0.717) is 24.6 Å². The van der Waals surface area contributed by atoms with Crippen LogP contribution in [0.1, 0.15) is 22.6 Å². The Bertz CT molecular complexity index is 832. The molecule has 0 saturated carbocycles. The minimum absolute atomic E-state index is 0.0202. The predicted octanol–water partition coefficient (Wildman–Crippen LogP) is 2.67. The third kappa shape index (κ3) is 4.54. The van der Waals surface area contributed by atoms with Gasteiger partial charge in [-0.3, -0.25) is 9.69 Å². The minimum Gasteiger partial charge on any atom is -0.493 e. The van der Waals surface area contributed by atoms with Crippen molar-refractivity contribution in [1.82, 2.24) is 15.0 Å². The Kier molecular flexibility index (Phi) is 6.36. The molecule has 3 rings (SSSR count). The van der Waals surface area contributed by atoms with E-state index in [2.05, 4.69) is 10.1 Å². The molecule has 28 heavy (non-hydrogen) atoms. The summed E-state index contributed by atoms with van der Waals surface area (Å²) in [6.45, 7) is 7.79. The van der Waals surface area contributed by atoms with E-state index in [1.165, 1.54) is 0 Å². The molecule has 2 aromatic rings. The monoisotopic (exact) mass is 385 g/mol. The molecular formula is C21H27N3O4. The summed E-state index contributed by atoms with van der Waals surface area (Å²) in [6.07, 6.45) is 3.42. The van der Waals surface area contributed by atoms with E-state index in [-0.39, 0.29) is 5.91 Å². The van der Waals surface area contributed by atoms with Gasteiger partial charge in [-0.15, -0.1) is 0 Å². The molecule has 7 heteroatoms. The number of carbonyl (C=O) groups excluding carboxylic acids is 1. The summed E-state index contributed by atoms with van der Waals surface area (Å²) in [4.78, 5) is 16.7. The summed E-state index contributed by atoms with van der Waals surface area (Å²) in [7, 11) is 3.20. The van der Waals surface area contributed by atoms with Gasteiger partial charge >= 0.3 is 0 Å². The van der Waals surface area contributed by atoms with Crippen molar-refractivity contribution >= 4 is 12.0 Å². The first-order valence-electron chi connectivity index (χ1n) is 9.35. The van der Waals surface area contributed by atoms with Gasteiger partial charge in [-0.2, -0.15) is 0 Å². The molecule has 0 bridgehead atoms. The quantitative estimate of drug-likeness (QED) is 0.712. The smallest absolute Gasteiger partial charge is 0.246 e. The van der Waals surface area contributed by atoms with Crippen LogP contribution in [0.2, 0.25) is 0 Å². The second kappa shape index (κ2) is 8.93. The first kappa shape index (κ1) is 19.9. The Balaban J connectivity index is 1.54. The highest BCUT2D eigenvalue weighted by Crippen LogP contribution is 2.28. The number of amides is 1. The summed E-state index contributed by atoms with van der Waals surface area (Å²) in [5, 5.41) is 4.01. The number of methoxy groups -OCH3 is 2. The van der Waals surface area contributed by atoms with Crippen LogP contribution in [-0.2, 0) is 11.3 Å². The molecule has 0 atom stereocenters. The summed E-state index contributed by atoms with van der Waals surface area (Å²) in [6, 6.07) is 5.58. The molecule has 2 heterocycles. The number of piperazine rings is 1. The fourth-order valence-electron chi connectivity index (χ4n) is 3.31. The van der Waals surface area contributed by atoms with Crippen LogP contribution in [0, 0.1) is 13.8 Å². The maximum atomic E-state index is 12.5. The number of hydrogen-bond donors (Lipinski definition) is 0. The number of rotatable bonds is 6. The normalized spacial score (nSPS) is 15.2. The number of hydrogen-bond acceptors (Lipinski definition) is 6. The van der Waals surface area contributed by atoms with Crippen molar-refractivity contribution in [2.24, 2.45) is 0 Å². The van der Waals surface area contributed by atoms with Crippen LogP contribution < -0.4 is 9.47 Å². The van der Waals surface area contributed by atoms with Crippen LogP contribution in [0.3, 0.4) is 0 Å². The lowest BCUT2D eigenvalue weighted by Gasteiger charge is -2.34. The maximum absolute atomic E-state index is 12.5. The van der Waals surface area contributed by atoms with Gasteiger partial charge in [0, 0.05) is 44.4 Å². The van der Waals surface area contributed by atoms with Crippen LogP contribution in [0.15, 0.2) is 28.8 Å². The molecule has 1 aromatic heterocycles. The third-order valence-electron chi connectivity index (χ3n) is 5.07. The summed E-state index contributed by atoms with van der Waals surface area (Å²) in [5.74, 6) is 2.20. The van der Waals surface area contributed by atoms with Crippen LogP contribution in [0.4, 0.5) is 0 Å². The number of benzene rings is 1. The average Bonchev–Trinajstić information content (AvgIpc) is 3.04. The second-order valence-corrected chi connectivity index (χ2v) is 6.85. The third-order valence-corrected chi connectivity index (χ3v) is 5.07. The van der Waals surface area contributed by atoms with E-state index in [4.69, 9.17) is 14.0 Å². The molecule has 7 nitrogen and oxygen atoms in total. The van der Waals surface area contributed by atoms with E-state index >= 15 is 0 Å². The zero-order chi connectivity index (χ0) is 20.1. The summed E-state index contributed by atoms with van der Waals surface area (Å²) in [5.41, 5.74) is 2.98. The van der Waals surface area contributed by atoms with Crippen molar-refractivity contribution in [3.05, 3.63) is 46.9 Å². The first-order chi connectivity index (χ1) is 13.5. The Hall–Kier alpha value is -2.80. The minimum atomic E-state index is 0.0202. The lowest BCUT2D eigenvalue weighted by Crippen LogP contribution is -2.47. The van der Waals surface area contributed by atoms with E-state index in [0.717, 1.165) is 42.2 Å². The zero-order valence-corrected chi connectivity index (χ0v) is 16.9. The number of ether oxygens (including phenoxy) is 2. The fourth-order valence-corrected chi connectivity index (χ4v) is 3.31. The van der Waals surface area contributed by atoms with Gasteiger partial charge in [0.1, 0.15) is 5.76 Å². The van der Waals surface area contributed by atoms with E-state index in [1.807, 2.05) is 36.9 Å². The topological polar surface area (TPSA) is 68.0 Å². The number of aromatic nitrogens is 1. The molecule has 1 fully saturated rings. The Morgan fingerprint density at radius 3 is 2.46 bits per heavy atom. The first-order valence-corrected chi connectivity index (χ1v) is 9.35. The van der Waals surface area contributed by atoms with E-state index in [9.17, 15) is 4.79 Å². The van der Waals surface area contributed by atoms with E-state index in [1.54, 1.807) is 26.4 Å². The van der Waals surface area contributed by atoms with Gasteiger partial charge in [0.25, 0.3) is 0 Å². The highest BCUT2D eigenvalue weighted by Gasteiger charge is 2.21. The zero-order valence-electron chi connectivity index (χ0n) is 16.9. The molecule has 150 valence electrons. The van der Waals surface area contributed by atoms with Crippen molar-refractivity contribution < 1.29 is 18.8 Å². The highest BCUT2D eigenvalue weighted by molar-refractivity contribution is 5.92. The second-order valence-electron chi connectivity index (χ2n) is 6.85. The number of nitrogens with zero attached hydrogens (tertiary/aromatic N) is 3. The molecule has 1 aliphatic heterocycles. The molecule has 1 aliphatic rings. The molecule has 1 amide bonds. The van der Waals surface area contributed by atoms with Gasteiger partial charge in [0.05, 0.1) is 19.9 Å². The van der Waals surface area contributed by atoms with Crippen molar-refractivity contribution in [2.45, 2.75) is 20.4 Å². The molecule has 1 aromatic carbocycles. The fraction of sp³-hybridized carbons (Fsp3) is 0.429. The van der Waals surface area contributed by atoms with Gasteiger partial charge in [0.2, 0.25) is 5.91 Å². The lowest BCUT2D eigenvalue weighted by atomic mass is 10.1. The van der Waals surface area contributed by atoms with Gasteiger partial charge in [-0.05, 0) is 37.6 Å². The largest absolute Gasteiger partial charge is 0.493 e. The van der Waals surface area contributed by atoms with Crippen molar-refractivity contribution in [1.29, 1.82) is 0 Å². The van der Waals surface area contributed by atoms with Crippen molar-refractivity contribution in [2.75, 3.05) is 40.4 Å². The molecule has 0 spiro atoms. The molecule has 0 aliphatic carbocycles. The highest BCUT2D eigenvalue weighted by atomic mass is 16.5. The number of aryl methyl sites for hydroxylation is 2. The Morgan fingerprint density at radius 2 is 1.86 bits per heavy atom. The van der Waals surface area contributed by atoms with Crippen molar-refractivity contribution in [3.63, 3.8) is 0 Å². The molecule has 0 unspecified atom stereocenters. The SMILES string of the molecule is COc1ccc(/C=C/C(=O)N2CCN(Cc3c(C)noc3C)CC2)cc1OC. The van der Waals surface area contributed by atoms with Crippen LogP contribution in [-0.4, -0.2) is 61.3 Å². The van der Waals surface area contributed by atoms with Crippen LogP contribution >= 0.6 is 0 Å². The molecular weight excluding hydrogens is 358 g/mol. The van der Waals surface area contributed by atoms with Gasteiger partial charge < -0.3 is 18.9 Å². The van der Waals surface area contributed by atoms with Gasteiger partial charge in [-0.25, -0.2) is 0 Å². The molecule has 0 radical (unpaired) electrons. The standard InChI is InChI=1S/C21H27N3O4/c1-15-18(16(2)28-22-15)14-23-9-11-24(12-10-23)21(25)8-6-17-5-7-19(26-3)20(13-17)27-4/h5-8,13H,9-12,14H2,1-4H3/b8-6+. The Labute approximate surface area is 165 Å².